The third kappa shape index (κ3) is 3.59. The van der Waals surface area contributed by atoms with Gasteiger partial charge in [0.2, 0.25) is 6.79 Å². The standard InChI is InChI=1S/C20H17N3O3/c24-20(23-16-6-7-18-19(11-16)26-13-25-18)17-10-15(8-9-21-17)22-12-14-4-2-1-3-5-14/h1-11H,12-13H2,(H,21,22)(H,23,24). The van der Waals surface area contributed by atoms with E-state index in [1.54, 1.807) is 30.5 Å². The predicted octanol–water partition coefficient (Wildman–Crippen LogP) is 3.67. The van der Waals surface area contributed by atoms with E-state index in [9.17, 15) is 4.79 Å². The summed E-state index contributed by atoms with van der Waals surface area (Å²) >= 11 is 0. The Morgan fingerprint density at radius 1 is 0.962 bits per heavy atom. The van der Waals surface area contributed by atoms with Crippen LogP contribution in [0.4, 0.5) is 11.4 Å². The van der Waals surface area contributed by atoms with Gasteiger partial charge >= 0.3 is 0 Å². The van der Waals surface area contributed by atoms with Crippen molar-refractivity contribution < 1.29 is 14.3 Å². The molecule has 0 atom stereocenters. The number of fused-ring (bicyclic) bond motifs is 1. The number of carbonyl (C=O) groups is 1. The van der Waals surface area contributed by atoms with Gasteiger partial charge < -0.3 is 20.1 Å². The summed E-state index contributed by atoms with van der Waals surface area (Å²) in [4.78, 5) is 16.6. The van der Waals surface area contributed by atoms with Gasteiger partial charge in [-0.3, -0.25) is 9.78 Å². The summed E-state index contributed by atoms with van der Waals surface area (Å²) in [7, 11) is 0. The van der Waals surface area contributed by atoms with Crippen LogP contribution in [0.15, 0.2) is 66.9 Å². The van der Waals surface area contributed by atoms with Crippen LogP contribution in [0, 0.1) is 0 Å². The van der Waals surface area contributed by atoms with E-state index in [2.05, 4.69) is 15.6 Å². The van der Waals surface area contributed by atoms with E-state index < -0.39 is 0 Å². The van der Waals surface area contributed by atoms with E-state index in [4.69, 9.17) is 9.47 Å². The van der Waals surface area contributed by atoms with Gasteiger partial charge in [0.25, 0.3) is 5.91 Å². The maximum atomic E-state index is 12.5. The number of amides is 1. The Balaban J connectivity index is 1.43. The van der Waals surface area contributed by atoms with E-state index in [1.165, 1.54) is 0 Å². The van der Waals surface area contributed by atoms with Crippen molar-refractivity contribution in [2.24, 2.45) is 0 Å². The van der Waals surface area contributed by atoms with Crippen molar-refractivity contribution in [2.45, 2.75) is 6.54 Å². The molecule has 2 heterocycles. The number of carbonyl (C=O) groups excluding carboxylic acids is 1. The first kappa shape index (κ1) is 16.0. The highest BCUT2D eigenvalue weighted by molar-refractivity contribution is 6.03. The summed E-state index contributed by atoms with van der Waals surface area (Å²) in [5.41, 5.74) is 2.96. The Labute approximate surface area is 150 Å². The molecular weight excluding hydrogens is 330 g/mol. The quantitative estimate of drug-likeness (QED) is 0.737. The number of pyridine rings is 1. The van der Waals surface area contributed by atoms with Crippen LogP contribution in [0.1, 0.15) is 16.1 Å². The number of aromatic nitrogens is 1. The molecule has 1 aliphatic rings. The first-order valence-electron chi connectivity index (χ1n) is 8.23. The third-order valence-electron chi connectivity index (χ3n) is 3.96. The molecule has 0 radical (unpaired) electrons. The fourth-order valence-electron chi connectivity index (χ4n) is 2.63. The lowest BCUT2D eigenvalue weighted by Gasteiger charge is -2.09. The van der Waals surface area contributed by atoms with Gasteiger partial charge in [0, 0.05) is 30.2 Å². The van der Waals surface area contributed by atoms with E-state index in [1.807, 2.05) is 36.4 Å². The van der Waals surface area contributed by atoms with Crippen LogP contribution in [0.5, 0.6) is 11.5 Å². The van der Waals surface area contributed by atoms with Crippen LogP contribution in [0.25, 0.3) is 0 Å². The number of hydrogen-bond acceptors (Lipinski definition) is 5. The maximum absolute atomic E-state index is 12.5. The summed E-state index contributed by atoms with van der Waals surface area (Å²) in [5.74, 6) is 1.01. The van der Waals surface area contributed by atoms with Crippen LogP contribution in [-0.4, -0.2) is 17.7 Å². The van der Waals surface area contributed by atoms with E-state index >= 15 is 0 Å². The topological polar surface area (TPSA) is 72.5 Å². The largest absolute Gasteiger partial charge is 0.454 e. The number of benzene rings is 2. The SMILES string of the molecule is O=C(Nc1ccc2c(c1)OCO2)c1cc(NCc2ccccc2)ccn1. The lowest BCUT2D eigenvalue weighted by molar-refractivity contribution is 0.102. The number of nitrogens with zero attached hydrogens (tertiary/aromatic N) is 1. The molecule has 6 heteroatoms. The molecule has 3 aromatic rings. The molecule has 1 amide bonds. The van der Waals surface area contributed by atoms with E-state index in [-0.39, 0.29) is 12.7 Å². The molecule has 6 nitrogen and oxygen atoms in total. The average Bonchev–Trinajstić information content (AvgIpc) is 3.15. The molecule has 0 saturated heterocycles. The first-order valence-corrected chi connectivity index (χ1v) is 8.23. The second kappa shape index (κ2) is 7.14. The Hall–Kier alpha value is -3.54. The van der Waals surface area contributed by atoms with Crippen molar-refractivity contribution in [2.75, 3.05) is 17.4 Å². The second-order valence-electron chi connectivity index (χ2n) is 5.79. The average molecular weight is 347 g/mol. The number of rotatable bonds is 5. The predicted molar refractivity (Wildman–Crippen MR) is 98.5 cm³/mol. The zero-order valence-corrected chi connectivity index (χ0v) is 13.9. The normalized spacial score (nSPS) is 11.8. The van der Waals surface area contributed by atoms with Crippen LogP contribution in [0.3, 0.4) is 0 Å². The van der Waals surface area contributed by atoms with E-state index in [0.29, 0.717) is 29.4 Å². The molecule has 130 valence electrons. The molecule has 0 unspecified atom stereocenters. The van der Waals surface area contributed by atoms with Crippen molar-refractivity contribution in [3.05, 3.63) is 78.1 Å². The van der Waals surface area contributed by atoms with Crippen LogP contribution in [0.2, 0.25) is 0 Å². The molecule has 0 saturated carbocycles. The van der Waals surface area contributed by atoms with Gasteiger partial charge in [-0.2, -0.15) is 0 Å². The maximum Gasteiger partial charge on any atom is 0.274 e. The molecular formula is C20H17N3O3. The Kier molecular flexibility index (Phi) is 4.38. The molecule has 2 N–H and O–H groups in total. The van der Waals surface area contributed by atoms with Gasteiger partial charge in [-0.25, -0.2) is 0 Å². The summed E-state index contributed by atoms with van der Waals surface area (Å²) in [5, 5.41) is 6.12. The highest BCUT2D eigenvalue weighted by atomic mass is 16.7. The van der Waals surface area contributed by atoms with Gasteiger partial charge in [0.15, 0.2) is 11.5 Å². The molecule has 4 rings (SSSR count). The number of hydrogen-bond donors (Lipinski definition) is 2. The lowest BCUT2D eigenvalue weighted by atomic mass is 10.2. The monoisotopic (exact) mass is 347 g/mol. The minimum atomic E-state index is -0.285. The van der Waals surface area contributed by atoms with Gasteiger partial charge in [-0.05, 0) is 29.8 Å². The summed E-state index contributed by atoms with van der Waals surface area (Å²) in [6.45, 7) is 0.873. The smallest absolute Gasteiger partial charge is 0.274 e. The lowest BCUT2D eigenvalue weighted by Crippen LogP contribution is -2.14. The Morgan fingerprint density at radius 3 is 2.69 bits per heavy atom. The number of anilines is 2. The van der Waals surface area contributed by atoms with Crippen molar-refractivity contribution in [3.8, 4) is 11.5 Å². The van der Waals surface area contributed by atoms with Crippen molar-refractivity contribution in [1.82, 2.24) is 4.98 Å². The molecule has 1 aliphatic heterocycles. The second-order valence-corrected chi connectivity index (χ2v) is 5.79. The van der Waals surface area contributed by atoms with Gasteiger partial charge in [0.05, 0.1) is 0 Å². The summed E-state index contributed by atoms with van der Waals surface area (Å²) in [6, 6.07) is 18.9. The minimum absolute atomic E-state index is 0.198. The van der Waals surface area contributed by atoms with Crippen LogP contribution < -0.4 is 20.1 Å². The third-order valence-corrected chi connectivity index (χ3v) is 3.96. The zero-order valence-electron chi connectivity index (χ0n) is 13.9. The van der Waals surface area contributed by atoms with Gasteiger partial charge in [-0.15, -0.1) is 0 Å². The Morgan fingerprint density at radius 2 is 1.81 bits per heavy atom. The molecule has 0 bridgehead atoms. The fraction of sp³-hybridized carbons (Fsp3) is 0.100. The van der Waals surface area contributed by atoms with Gasteiger partial charge in [0.1, 0.15) is 5.69 Å². The molecule has 26 heavy (non-hydrogen) atoms. The Bertz CT molecular complexity index is 929. The highest BCUT2D eigenvalue weighted by Crippen LogP contribution is 2.34. The first-order chi connectivity index (χ1) is 12.8. The number of nitrogens with one attached hydrogen (secondary N) is 2. The summed E-state index contributed by atoms with van der Waals surface area (Å²) in [6.07, 6.45) is 1.61. The van der Waals surface area contributed by atoms with Gasteiger partial charge in [-0.1, -0.05) is 30.3 Å². The zero-order chi connectivity index (χ0) is 17.8. The minimum Gasteiger partial charge on any atom is -0.454 e. The van der Waals surface area contributed by atoms with E-state index in [0.717, 1.165) is 11.3 Å². The van der Waals surface area contributed by atoms with Crippen LogP contribution >= 0.6 is 0 Å². The number of ether oxygens (including phenoxy) is 2. The summed E-state index contributed by atoms with van der Waals surface area (Å²) < 4.78 is 10.6. The highest BCUT2D eigenvalue weighted by Gasteiger charge is 2.15. The fourth-order valence-corrected chi connectivity index (χ4v) is 2.63. The van der Waals surface area contributed by atoms with Crippen LogP contribution in [-0.2, 0) is 6.54 Å². The van der Waals surface area contributed by atoms with Crippen molar-refractivity contribution in [1.29, 1.82) is 0 Å². The van der Waals surface area contributed by atoms with Crippen molar-refractivity contribution in [3.63, 3.8) is 0 Å². The van der Waals surface area contributed by atoms with Crippen molar-refractivity contribution >= 4 is 17.3 Å². The molecule has 0 aliphatic carbocycles. The molecule has 0 spiro atoms. The molecule has 1 aromatic heterocycles. The molecule has 0 fully saturated rings. The molecule has 2 aromatic carbocycles.